The van der Waals surface area contributed by atoms with Gasteiger partial charge in [-0.05, 0) is 38.3 Å². The number of carbonyl (C=O) groups excluding carboxylic acids is 1. The van der Waals surface area contributed by atoms with E-state index in [9.17, 15) is 26.7 Å². The standard InChI is InChI=1S/C14H19F2N3O2S.C2HF3O2/c15-14(16,13-18-6-8-22-13)12(20)19-10-3-7-21-11(10)9-1-4-17-5-2-9;3-2(4,5)1(6)7/h6,8-11,17H,1-5,7H2,(H,19,20);(H,6,7)/t10-,11+;/m1./s1. The Kier molecular flexibility index (Phi) is 7.88. The minimum atomic E-state index is -5.08. The molecular weight excluding hydrogens is 425 g/mol. The van der Waals surface area contributed by atoms with Gasteiger partial charge in [0.05, 0.1) is 12.1 Å². The number of aliphatic carboxylic acids is 1. The van der Waals surface area contributed by atoms with Crippen molar-refractivity contribution in [2.75, 3.05) is 19.7 Å². The average molecular weight is 445 g/mol. The molecule has 2 atom stereocenters. The Labute approximate surface area is 166 Å². The smallest absolute Gasteiger partial charge is 0.475 e. The predicted octanol–water partition coefficient (Wildman–Crippen LogP) is 2.14. The van der Waals surface area contributed by atoms with Gasteiger partial charge in [0.2, 0.25) is 0 Å². The topological polar surface area (TPSA) is 101 Å². The number of carboxylic acids is 1. The summed E-state index contributed by atoms with van der Waals surface area (Å²) in [6.07, 6.45) is -1.51. The molecule has 1 aromatic rings. The molecular formula is C16H20F5N3O4S. The number of piperidine rings is 1. The molecule has 0 unspecified atom stereocenters. The first-order valence-corrected chi connectivity index (χ1v) is 9.62. The molecule has 1 amide bonds. The molecule has 3 rings (SSSR count). The van der Waals surface area contributed by atoms with Gasteiger partial charge < -0.3 is 20.5 Å². The number of nitrogens with zero attached hydrogens (tertiary/aromatic N) is 1. The fraction of sp³-hybridized carbons (Fsp3) is 0.688. The van der Waals surface area contributed by atoms with Crippen molar-refractivity contribution < 1.29 is 41.4 Å². The molecule has 164 valence electrons. The molecule has 2 fully saturated rings. The number of nitrogens with one attached hydrogen (secondary N) is 2. The first kappa shape index (κ1) is 23.4. The van der Waals surface area contributed by atoms with Crippen molar-refractivity contribution in [3.05, 3.63) is 16.6 Å². The quantitative estimate of drug-likeness (QED) is 0.614. The van der Waals surface area contributed by atoms with Crippen LogP contribution in [-0.4, -0.2) is 60.0 Å². The van der Waals surface area contributed by atoms with Crippen molar-refractivity contribution in [3.8, 4) is 0 Å². The molecule has 0 bridgehead atoms. The van der Waals surface area contributed by atoms with Crippen LogP contribution in [0.2, 0.25) is 0 Å². The van der Waals surface area contributed by atoms with Crippen LogP contribution < -0.4 is 10.6 Å². The minimum Gasteiger partial charge on any atom is -0.475 e. The van der Waals surface area contributed by atoms with Crippen LogP contribution in [-0.2, 0) is 20.2 Å². The molecule has 0 radical (unpaired) electrons. The Hall–Kier alpha value is -1.86. The maximum Gasteiger partial charge on any atom is 0.490 e. The van der Waals surface area contributed by atoms with Crippen LogP contribution in [0.25, 0.3) is 0 Å². The van der Waals surface area contributed by atoms with Gasteiger partial charge in [-0.1, -0.05) is 0 Å². The van der Waals surface area contributed by atoms with E-state index in [0.717, 1.165) is 37.3 Å². The number of ether oxygens (including phenoxy) is 1. The van der Waals surface area contributed by atoms with E-state index in [4.69, 9.17) is 14.6 Å². The number of aromatic nitrogens is 1. The number of alkyl halides is 5. The van der Waals surface area contributed by atoms with Gasteiger partial charge in [-0.15, -0.1) is 11.3 Å². The third-order valence-corrected chi connectivity index (χ3v) is 5.37. The molecule has 0 aliphatic carbocycles. The van der Waals surface area contributed by atoms with Gasteiger partial charge in [-0.2, -0.15) is 22.0 Å². The number of amides is 1. The maximum atomic E-state index is 14.1. The van der Waals surface area contributed by atoms with E-state index in [0.29, 0.717) is 18.9 Å². The summed E-state index contributed by atoms with van der Waals surface area (Å²) in [7, 11) is 0. The summed E-state index contributed by atoms with van der Waals surface area (Å²) in [5.41, 5.74) is 0. The van der Waals surface area contributed by atoms with E-state index in [2.05, 4.69) is 15.6 Å². The summed E-state index contributed by atoms with van der Waals surface area (Å²) in [5, 5.41) is 13.8. The molecule has 2 saturated heterocycles. The van der Waals surface area contributed by atoms with E-state index in [1.165, 1.54) is 11.6 Å². The molecule has 1 aromatic heterocycles. The van der Waals surface area contributed by atoms with Gasteiger partial charge in [0.15, 0.2) is 5.01 Å². The van der Waals surface area contributed by atoms with Crippen LogP contribution in [0.3, 0.4) is 0 Å². The van der Waals surface area contributed by atoms with E-state index in [-0.39, 0.29) is 12.1 Å². The van der Waals surface area contributed by atoms with Crippen LogP contribution in [0.1, 0.15) is 24.3 Å². The molecule has 2 aliphatic rings. The number of hydrogen-bond donors (Lipinski definition) is 3. The number of hydrogen-bond acceptors (Lipinski definition) is 6. The highest BCUT2D eigenvalue weighted by Crippen LogP contribution is 2.32. The molecule has 2 aliphatic heterocycles. The number of halogens is 5. The number of carboxylic acid groups (broad SMARTS) is 1. The van der Waals surface area contributed by atoms with Crippen LogP contribution in [0.5, 0.6) is 0 Å². The maximum absolute atomic E-state index is 14.1. The van der Waals surface area contributed by atoms with Gasteiger partial charge in [0, 0.05) is 18.2 Å². The van der Waals surface area contributed by atoms with E-state index in [1.807, 2.05) is 0 Å². The largest absolute Gasteiger partial charge is 0.490 e. The Balaban J connectivity index is 0.000000370. The van der Waals surface area contributed by atoms with Gasteiger partial charge in [-0.3, -0.25) is 4.79 Å². The fourth-order valence-electron chi connectivity index (χ4n) is 3.14. The highest BCUT2D eigenvalue weighted by Gasteiger charge is 2.46. The molecule has 3 N–H and O–H groups in total. The van der Waals surface area contributed by atoms with E-state index >= 15 is 0 Å². The summed E-state index contributed by atoms with van der Waals surface area (Å²) in [4.78, 5) is 24.4. The first-order valence-electron chi connectivity index (χ1n) is 8.74. The SMILES string of the molecule is O=C(N[C@@H]1CCO[C@H]1C1CCNCC1)C(F)(F)c1nccs1.O=C(O)C(F)(F)F. The Morgan fingerprint density at radius 3 is 2.34 bits per heavy atom. The summed E-state index contributed by atoms with van der Waals surface area (Å²) >= 11 is 0.784. The number of rotatable bonds is 4. The lowest BCUT2D eigenvalue weighted by atomic mass is 9.88. The lowest BCUT2D eigenvalue weighted by molar-refractivity contribution is -0.192. The fourth-order valence-corrected chi connectivity index (χ4v) is 3.75. The zero-order valence-corrected chi connectivity index (χ0v) is 15.9. The van der Waals surface area contributed by atoms with Crippen LogP contribution >= 0.6 is 11.3 Å². The second-order valence-corrected chi connectivity index (χ2v) is 7.40. The van der Waals surface area contributed by atoms with Gasteiger partial charge >= 0.3 is 18.1 Å². The normalized spacial score (nSPS) is 23.2. The van der Waals surface area contributed by atoms with Gasteiger partial charge in [-0.25, -0.2) is 9.78 Å². The molecule has 13 heteroatoms. The zero-order chi connectivity index (χ0) is 21.7. The lowest BCUT2D eigenvalue weighted by Crippen LogP contribution is -2.50. The second kappa shape index (κ2) is 9.76. The van der Waals surface area contributed by atoms with Crippen LogP contribution in [0, 0.1) is 5.92 Å². The van der Waals surface area contributed by atoms with Crippen molar-refractivity contribution in [1.82, 2.24) is 15.6 Å². The van der Waals surface area contributed by atoms with Crippen LogP contribution in [0.4, 0.5) is 22.0 Å². The molecule has 7 nitrogen and oxygen atoms in total. The average Bonchev–Trinajstić information content (AvgIpc) is 3.34. The summed E-state index contributed by atoms with van der Waals surface area (Å²) in [6.45, 7) is 2.31. The van der Waals surface area contributed by atoms with Crippen molar-refractivity contribution in [2.24, 2.45) is 5.92 Å². The minimum absolute atomic E-state index is 0.168. The Morgan fingerprint density at radius 1 is 1.21 bits per heavy atom. The van der Waals surface area contributed by atoms with Crippen molar-refractivity contribution in [2.45, 2.75) is 43.5 Å². The van der Waals surface area contributed by atoms with E-state index < -0.39 is 29.0 Å². The van der Waals surface area contributed by atoms with E-state index in [1.54, 1.807) is 0 Å². The van der Waals surface area contributed by atoms with Crippen LogP contribution in [0.15, 0.2) is 11.6 Å². The summed E-state index contributed by atoms with van der Waals surface area (Å²) in [5.74, 6) is -7.32. The second-order valence-electron chi connectivity index (χ2n) is 6.51. The molecule has 29 heavy (non-hydrogen) atoms. The molecule has 0 aromatic carbocycles. The predicted molar refractivity (Wildman–Crippen MR) is 91.6 cm³/mol. The monoisotopic (exact) mass is 445 g/mol. The summed E-state index contributed by atoms with van der Waals surface area (Å²) < 4.78 is 65.6. The zero-order valence-electron chi connectivity index (χ0n) is 15.0. The number of thiazole rings is 1. The lowest BCUT2D eigenvalue weighted by Gasteiger charge is -2.31. The Morgan fingerprint density at radius 2 is 1.83 bits per heavy atom. The van der Waals surface area contributed by atoms with Gasteiger partial charge in [0.25, 0.3) is 5.91 Å². The highest BCUT2D eigenvalue weighted by molar-refractivity contribution is 7.09. The van der Waals surface area contributed by atoms with Crippen molar-refractivity contribution in [1.29, 1.82) is 0 Å². The summed E-state index contributed by atoms with van der Waals surface area (Å²) in [6, 6.07) is -0.346. The Bertz CT molecular complexity index is 681. The third-order valence-electron chi connectivity index (χ3n) is 4.53. The number of carbonyl (C=O) groups is 2. The molecule has 3 heterocycles. The van der Waals surface area contributed by atoms with Crippen molar-refractivity contribution >= 4 is 23.2 Å². The van der Waals surface area contributed by atoms with Crippen molar-refractivity contribution in [3.63, 3.8) is 0 Å². The third kappa shape index (κ3) is 6.31. The molecule has 0 spiro atoms. The van der Waals surface area contributed by atoms with Gasteiger partial charge in [0.1, 0.15) is 0 Å². The first-order chi connectivity index (χ1) is 13.5. The molecule has 0 saturated carbocycles. The highest BCUT2D eigenvalue weighted by atomic mass is 32.1.